The minimum Gasteiger partial charge on any atom is -0.323 e. The van der Waals surface area contributed by atoms with E-state index in [1.807, 2.05) is 6.92 Å². The van der Waals surface area contributed by atoms with E-state index in [-0.39, 0.29) is 40.6 Å². The molecule has 5 rings (SSSR count). The Morgan fingerprint density at radius 1 is 1.02 bits per heavy atom. The molecule has 1 amide bonds. The van der Waals surface area contributed by atoms with Crippen molar-refractivity contribution in [3.63, 3.8) is 0 Å². The Morgan fingerprint density at radius 2 is 1.70 bits per heavy atom. The van der Waals surface area contributed by atoms with Crippen LogP contribution >= 0.6 is 0 Å². The summed E-state index contributed by atoms with van der Waals surface area (Å²) < 4.78 is 84.9. The fourth-order valence-corrected chi connectivity index (χ4v) is 8.21. The number of sulfonamides is 1. The molecule has 0 unspecified atom stereocenters. The van der Waals surface area contributed by atoms with E-state index in [2.05, 4.69) is 15.6 Å². The lowest BCUT2D eigenvalue weighted by molar-refractivity contribution is -0.117. The Bertz CT molecular complexity index is 1580. The van der Waals surface area contributed by atoms with Gasteiger partial charge in [-0.05, 0) is 74.4 Å². The number of pyridine rings is 1. The third-order valence-corrected chi connectivity index (χ3v) is 10.8. The Morgan fingerprint density at radius 3 is 2.36 bits per heavy atom. The van der Waals surface area contributed by atoms with Crippen molar-refractivity contribution in [1.82, 2.24) is 14.6 Å². The highest BCUT2D eigenvalue weighted by molar-refractivity contribution is 7.90. The van der Waals surface area contributed by atoms with E-state index in [9.17, 15) is 26.4 Å². The van der Waals surface area contributed by atoms with E-state index in [0.717, 1.165) is 30.5 Å². The maximum absolute atomic E-state index is 15.0. The second kappa shape index (κ2) is 13.3. The lowest BCUT2D eigenvalue weighted by Crippen LogP contribution is -2.58. The topological polar surface area (TPSA) is 117 Å². The summed E-state index contributed by atoms with van der Waals surface area (Å²) >= 11 is 0. The number of hydrogen-bond donors (Lipinski definition) is 3. The Kier molecular flexibility index (Phi) is 9.68. The van der Waals surface area contributed by atoms with Crippen molar-refractivity contribution in [2.75, 3.05) is 18.4 Å². The fraction of sp³-hybridized carbons (Fsp3) is 0.419. The van der Waals surface area contributed by atoms with Gasteiger partial charge in [-0.3, -0.25) is 9.78 Å². The number of nitrogens with two attached hydrogens (primary N) is 1. The Hall–Kier alpha value is -3.39. The molecule has 4 N–H and O–H groups in total. The maximum atomic E-state index is 15.0. The van der Waals surface area contributed by atoms with E-state index in [1.165, 1.54) is 18.3 Å². The minimum absolute atomic E-state index is 0.0652. The molecule has 236 valence electrons. The van der Waals surface area contributed by atoms with Gasteiger partial charge in [0.1, 0.15) is 23.3 Å². The second-order valence-electron chi connectivity index (χ2n) is 11.5. The first kappa shape index (κ1) is 32.0. The molecule has 4 atom stereocenters. The normalized spacial score (nSPS) is 20.7. The van der Waals surface area contributed by atoms with Gasteiger partial charge in [0, 0.05) is 42.7 Å². The fourth-order valence-electron chi connectivity index (χ4n) is 5.96. The molecule has 1 saturated heterocycles. The number of anilines is 1. The highest BCUT2D eigenvalue weighted by Gasteiger charge is 2.45. The quantitative estimate of drug-likeness (QED) is 0.273. The first-order valence-electron chi connectivity index (χ1n) is 14.6. The molecule has 1 aromatic heterocycles. The van der Waals surface area contributed by atoms with Crippen molar-refractivity contribution in [2.45, 2.75) is 68.3 Å². The monoisotopic (exact) mass is 633 g/mol. The number of carbonyl (C=O) groups excluding carboxylic acids is 1. The number of amides is 1. The van der Waals surface area contributed by atoms with Crippen LogP contribution in [0.15, 0.2) is 54.9 Å². The average Bonchev–Trinajstić information content (AvgIpc) is 3.82. The van der Waals surface area contributed by atoms with Gasteiger partial charge in [-0.2, -0.15) is 4.31 Å². The first-order chi connectivity index (χ1) is 21.0. The summed E-state index contributed by atoms with van der Waals surface area (Å²) in [7, 11) is -3.42. The van der Waals surface area contributed by atoms with Crippen LogP contribution in [0.25, 0.3) is 0 Å². The summed E-state index contributed by atoms with van der Waals surface area (Å²) in [5.41, 5.74) is 7.02. The average molecular weight is 634 g/mol. The van der Waals surface area contributed by atoms with Crippen molar-refractivity contribution in [3.8, 4) is 0 Å². The van der Waals surface area contributed by atoms with Crippen LogP contribution in [0.2, 0.25) is 0 Å². The highest BCUT2D eigenvalue weighted by atomic mass is 32.2. The first-order valence-corrected chi connectivity index (χ1v) is 16.1. The summed E-state index contributed by atoms with van der Waals surface area (Å²) in [5.74, 6) is -4.78. The molecule has 0 bridgehead atoms. The maximum Gasteiger partial charge on any atom is 0.242 e. The molecule has 2 heterocycles. The van der Waals surface area contributed by atoms with Gasteiger partial charge in [0.2, 0.25) is 15.9 Å². The number of aromatic nitrogens is 1. The zero-order valence-electron chi connectivity index (χ0n) is 24.1. The van der Waals surface area contributed by atoms with Gasteiger partial charge >= 0.3 is 0 Å². The zero-order valence-corrected chi connectivity index (χ0v) is 25.0. The Labute approximate surface area is 254 Å². The van der Waals surface area contributed by atoms with Crippen LogP contribution in [0.4, 0.5) is 23.2 Å². The molecule has 2 fully saturated rings. The predicted octanol–water partition coefficient (Wildman–Crippen LogP) is 4.21. The van der Waals surface area contributed by atoms with Gasteiger partial charge in [-0.1, -0.05) is 12.1 Å². The van der Waals surface area contributed by atoms with Gasteiger partial charge in [-0.25, -0.2) is 26.0 Å². The number of carbonyl (C=O) groups is 1. The van der Waals surface area contributed by atoms with E-state index in [4.69, 9.17) is 5.73 Å². The largest absolute Gasteiger partial charge is 0.323 e. The summed E-state index contributed by atoms with van der Waals surface area (Å²) in [6, 6.07) is 5.93. The molecule has 0 radical (unpaired) electrons. The van der Waals surface area contributed by atoms with Crippen LogP contribution in [-0.4, -0.2) is 60.1 Å². The van der Waals surface area contributed by atoms with Gasteiger partial charge in [0.15, 0.2) is 0 Å². The summed E-state index contributed by atoms with van der Waals surface area (Å²) in [6.45, 7) is 2.91. The molecule has 13 heteroatoms. The third-order valence-electron chi connectivity index (χ3n) is 8.22. The second-order valence-corrected chi connectivity index (χ2v) is 13.6. The van der Waals surface area contributed by atoms with Gasteiger partial charge < -0.3 is 16.4 Å². The molecule has 8 nitrogen and oxygen atoms in total. The molecule has 0 spiro atoms. The van der Waals surface area contributed by atoms with E-state index in [0.29, 0.717) is 50.4 Å². The van der Waals surface area contributed by atoms with Crippen LogP contribution in [0.5, 0.6) is 0 Å². The number of benzene rings is 2. The molecule has 1 saturated carbocycles. The van der Waals surface area contributed by atoms with E-state index in [1.54, 1.807) is 4.31 Å². The van der Waals surface area contributed by atoms with Gasteiger partial charge in [0.25, 0.3) is 0 Å². The van der Waals surface area contributed by atoms with Crippen LogP contribution in [0.3, 0.4) is 0 Å². The molecule has 2 aliphatic rings. The summed E-state index contributed by atoms with van der Waals surface area (Å²) in [6.07, 6.45) is 4.70. The number of hydrogen-bond acceptors (Lipinski definition) is 6. The molecule has 2 aromatic carbocycles. The van der Waals surface area contributed by atoms with Crippen LogP contribution in [0, 0.1) is 23.3 Å². The summed E-state index contributed by atoms with van der Waals surface area (Å²) in [5, 5.41) is 5.56. The smallest absolute Gasteiger partial charge is 0.242 e. The van der Waals surface area contributed by atoms with Crippen LogP contribution < -0.4 is 16.4 Å². The number of nitrogens with one attached hydrogen (secondary N) is 2. The standard InChI is InChI=1S/C31H35F4N5O3S/c1-18-14-37-15-24(40(18)44(42,43)25-9-10-25)3-2-4-26-27(35)16-38-17-28(26)39-31(41)30(36)29(19-5-7-21(32)8-6-19)20-11-22(33)13-23(34)12-20/h5-8,11-13,16-18,24-25,29-30,37H,2-4,9-10,14-15,36H2,1H3,(H,39,41)/t18-,24+,29+,30+/m1/s1. The molecular formula is C31H35F4N5O3S. The molecule has 1 aliphatic carbocycles. The van der Waals surface area contributed by atoms with Crippen molar-refractivity contribution in [2.24, 2.45) is 5.73 Å². The van der Waals surface area contributed by atoms with E-state index < -0.39 is 51.2 Å². The lowest BCUT2D eigenvalue weighted by Gasteiger charge is -2.40. The van der Waals surface area contributed by atoms with Gasteiger partial charge in [-0.15, -0.1) is 0 Å². The van der Waals surface area contributed by atoms with Crippen LogP contribution in [-0.2, 0) is 21.2 Å². The minimum atomic E-state index is -3.42. The highest BCUT2D eigenvalue weighted by Crippen LogP contribution is 2.35. The molecular weight excluding hydrogens is 598 g/mol. The van der Waals surface area contributed by atoms with Crippen molar-refractivity contribution < 1.29 is 30.8 Å². The number of halogens is 4. The number of piperazine rings is 1. The molecule has 3 aromatic rings. The van der Waals surface area contributed by atoms with Gasteiger partial charge in [0.05, 0.1) is 29.4 Å². The number of rotatable bonds is 11. The van der Waals surface area contributed by atoms with Crippen LogP contribution in [0.1, 0.15) is 55.2 Å². The SMILES string of the molecule is C[C@@H]1CNC[C@H](CCCc2c(F)cncc2NC(=O)[C@@H](N)[C@@H](c2ccc(F)cc2)c2cc(F)cc(F)c2)N1S(=O)(=O)C1CC1. The lowest BCUT2D eigenvalue weighted by atomic mass is 9.84. The van der Waals surface area contributed by atoms with Crippen molar-refractivity contribution in [1.29, 1.82) is 0 Å². The van der Waals surface area contributed by atoms with Crippen molar-refractivity contribution >= 4 is 21.6 Å². The Balaban J connectivity index is 1.33. The van der Waals surface area contributed by atoms with Crippen molar-refractivity contribution in [3.05, 3.63) is 94.8 Å². The molecule has 1 aliphatic heterocycles. The van der Waals surface area contributed by atoms with E-state index >= 15 is 4.39 Å². The summed E-state index contributed by atoms with van der Waals surface area (Å²) in [4.78, 5) is 17.3. The predicted molar refractivity (Wildman–Crippen MR) is 158 cm³/mol. The number of nitrogens with zero attached hydrogens (tertiary/aromatic N) is 2. The third kappa shape index (κ3) is 7.12. The zero-order chi connectivity index (χ0) is 31.6. The molecule has 44 heavy (non-hydrogen) atoms.